The Morgan fingerprint density at radius 3 is 2.47 bits per heavy atom. The van der Waals surface area contributed by atoms with E-state index in [2.05, 4.69) is 29.4 Å². The summed E-state index contributed by atoms with van der Waals surface area (Å²) in [5.41, 5.74) is 0. The maximum Gasteiger partial charge on any atom is 0.131 e. The lowest BCUT2D eigenvalue weighted by molar-refractivity contribution is 0.629. The van der Waals surface area contributed by atoms with E-state index in [9.17, 15) is 0 Å². The van der Waals surface area contributed by atoms with Crippen molar-refractivity contribution in [1.82, 2.24) is 15.5 Å². The van der Waals surface area contributed by atoms with Crippen molar-refractivity contribution in [3.8, 4) is 0 Å². The van der Waals surface area contributed by atoms with E-state index in [1.165, 1.54) is 43.5 Å². The Labute approximate surface area is 109 Å². The van der Waals surface area contributed by atoms with Gasteiger partial charge in [-0.15, -0.1) is 21.5 Å². The van der Waals surface area contributed by atoms with Crippen molar-refractivity contribution >= 4 is 11.3 Å². The van der Waals surface area contributed by atoms with Crippen LogP contribution < -0.4 is 5.32 Å². The molecule has 0 unspecified atom stereocenters. The largest absolute Gasteiger partial charge is 0.310 e. The molecule has 0 spiro atoms. The number of hydrogen-bond acceptors (Lipinski definition) is 4. The zero-order chi connectivity index (χ0) is 12.3. The SMILES string of the molecule is CCCCCCCc1nnc(CNCCC)s1. The van der Waals surface area contributed by atoms with Gasteiger partial charge in [-0.3, -0.25) is 0 Å². The van der Waals surface area contributed by atoms with Crippen LogP contribution >= 0.6 is 11.3 Å². The molecule has 17 heavy (non-hydrogen) atoms. The Bertz CT molecular complexity index is 286. The third-order valence-electron chi connectivity index (χ3n) is 2.71. The van der Waals surface area contributed by atoms with Crippen molar-refractivity contribution in [1.29, 1.82) is 0 Å². The molecule has 0 aliphatic heterocycles. The molecule has 1 heterocycles. The van der Waals surface area contributed by atoms with Gasteiger partial charge in [0, 0.05) is 13.0 Å². The molecule has 0 aliphatic rings. The fraction of sp³-hybridized carbons (Fsp3) is 0.846. The van der Waals surface area contributed by atoms with Crippen molar-refractivity contribution in [2.75, 3.05) is 6.54 Å². The molecule has 0 atom stereocenters. The number of aryl methyl sites for hydroxylation is 1. The molecule has 98 valence electrons. The van der Waals surface area contributed by atoms with Crippen LogP contribution in [0.4, 0.5) is 0 Å². The summed E-state index contributed by atoms with van der Waals surface area (Å²) in [7, 11) is 0. The zero-order valence-corrected chi connectivity index (χ0v) is 12.0. The van der Waals surface area contributed by atoms with Crippen LogP contribution in [0.3, 0.4) is 0 Å². The highest BCUT2D eigenvalue weighted by Gasteiger charge is 2.03. The average molecular weight is 255 g/mol. The van der Waals surface area contributed by atoms with Gasteiger partial charge in [-0.2, -0.15) is 0 Å². The van der Waals surface area contributed by atoms with Crippen molar-refractivity contribution in [3.05, 3.63) is 10.0 Å². The van der Waals surface area contributed by atoms with Gasteiger partial charge in [0.1, 0.15) is 10.0 Å². The van der Waals surface area contributed by atoms with Gasteiger partial charge in [0.05, 0.1) is 0 Å². The molecule has 0 saturated heterocycles. The topological polar surface area (TPSA) is 37.8 Å². The second-order valence-electron chi connectivity index (χ2n) is 4.43. The van der Waals surface area contributed by atoms with Crippen LogP contribution in [0.5, 0.6) is 0 Å². The van der Waals surface area contributed by atoms with Crippen molar-refractivity contribution in [2.24, 2.45) is 0 Å². The van der Waals surface area contributed by atoms with E-state index in [0.29, 0.717) is 0 Å². The van der Waals surface area contributed by atoms with Gasteiger partial charge < -0.3 is 5.32 Å². The van der Waals surface area contributed by atoms with Gasteiger partial charge in [0.15, 0.2) is 0 Å². The molecule has 0 saturated carbocycles. The number of unbranched alkanes of at least 4 members (excludes halogenated alkanes) is 4. The first-order chi connectivity index (χ1) is 8.36. The van der Waals surface area contributed by atoms with Crippen LogP contribution in [0, 0.1) is 0 Å². The Balaban J connectivity index is 2.12. The number of nitrogens with one attached hydrogen (secondary N) is 1. The van der Waals surface area contributed by atoms with E-state index in [1.54, 1.807) is 11.3 Å². The highest BCUT2D eigenvalue weighted by molar-refractivity contribution is 7.11. The molecule has 3 nitrogen and oxygen atoms in total. The van der Waals surface area contributed by atoms with Crippen LogP contribution in [0.15, 0.2) is 0 Å². The van der Waals surface area contributed by atoms with Gasteiger partial charge in [-0.05, 0) is 19.4 Å². The van der Waals surface area contributed by atoms with E-state index < -0.39 is 0 Å². The number of rotatable bonds is 10. The summed E-state index contributed by atoms with van der Waals surface area (Å²) < 4.78 is 0. The van der Waals surface area contributed by atoms with E-state index in [4.69, 9.17) is 0 Å². The maximum absolute atomic E-state index is 4.24. The van der Waals surface area contributed by atoms with Gasteiger partial charge in [-0.1, -0.05) is 39.5 Å². The fourth-order valence-corrected chi connectivity index (χ4v) is 2.57. The molecule has 0 aliphatic carbocycles. The number of hydrogen-bond donors (Lipinski definition) is 1. The van der Waals surface area contributed by atoms with Gasteiger partial charge in [0.25, 0.3) is 0 Å². The minimum absolute atomic E-state index is 0.876. The van der Waals surface area contributed by atoms with Crippen LogP contribution in [0.25, 0.3) is 0 Å². The monoisotopic (exact) mass is 255 g/mol. The minimum Gasteiger partial charge on any atom is -0.310 e. The Hall–Kier alpha value is -0.480. The molecular weight excluding hydrogens is 230 g/mol. The van der Waals surface area contributed by atoms with Crippen molar-refractivity contribution < 1.29 is 0 Å². The first-order valence-electron chi connectivity index (χ1n) is 6.88. The van der Waals surface area contributed by atoms with Crippen molar-refractivity contribution in [2.45, 2.75) is 65.3 Å². The van der Waals surface area contributed by atoms with Crippen LogP contribution in [-0.2, 0) is 13.0 Å². The quantitative estimate of drug-likeness (QED) is 0.650. The predicted molar refractivity (Wildman–Crippen MR) is 74.4 cm³/mol. The molecular formula is C13H25N3S. The molecule has 0 aromatic carbocycles. The molecule has 0 bridgehead atoms. The average Bonchev–Trinajstić information content (AvgIpc) is 2.77. The van der Waals surface area contributed by atoms with Crippen molar-refractivity contribution in [3.63, 3.8) is 0 Å². The van der Waals surface area contributed by atoms with Crippen LogP contribution in [0.2, 0.25) is 0 Å². The number of aromatic nitrogens is 2. The molecule has 4 heteroatoms. The molecule has 0 amide bonds. The summed E-state index contributed by atoms with van der Waals surface area (Å²) in [5, 5.41) is 14.1. The van der Waals surface area contributed by atoms with Crippen LogP contribution in [-0.4, -0.2) is 16.7 Å². The zero-order valence-electron chi connectivity index (χ0n) is 11.2. The molecule has 1 rings (SSSR count). The molecule has 1 N–H and O–H groups in total. The third kappa shape index (κ3) is 6.74. The summed E-state index contributed by atoms with van der Waals surface area (Å²) in [5.74, 6) is 0. The summed E-state index contributed by atoms with van der Waals surface area (Å²) >= 11 is 1.76. The fourth-order valence-electron chi connectivity index (χ4n) is 1.71. The first-order valence-corrected chi connectivity index (χ1v) is 7.70. The predicted octanol–water partition coefficient (Wildman–Crippen LogP) is 3.55. The van der Waals surface area contributed by atoms with E-state index in [0.717, 1.165) is 24.5 Å². The minimum atomic E-state index is 0.876. The first kappa shape index (κ1) is 14.6. The maximum atomic E-state index is 4.24. The lowest BCUT2D eigenvalue weighted by atomic mass is 10.1. The third-order valence-corrected chi connectivity index (χ3v) is 3.69. The van der Waals surface area contributed by atoms with Crippen LogP contribution in [0.1, 0.15) is 62.4 Å². The second kappa shape index (κ2) is 9.54. The van der Waals surface area contributed by atoms with E-state index in [-0.39, 0.29) is 0 Å². The molecule has 0 fully saturated rings. The van der Waals surface area contributed by atoms with Gasteiger partial charge >= 0.3 is 0 Å². The number of nitrogens with zero attached hydrogens (tertiary/aromatic N) is 2. The normalized spacial score (nSPS) is 10.9. The molecule has 1 aromatic heterocycles. The highest BCUT2D eigenvalue weighted by atomic mass is 32.1. The summed E-state index contributed by atoms with van der Waals surface area (Å²) in [4.78, 5) is 0. The molecule has 1 aromatic rings. The van der Waals surface area contributed by atoms with E-state index in [1.807, 2.05) is 0 Å². The standard InChI is InChI=1S/C13H25N3S/c1-3-5-6-7-8-9-12-15-16-13(17-12)11-14-10-4-2/h14H,3-11H2,1-2H3. The Morgan fingerprint density at radius 2 is 1.71 bits per heavy atom. The van der Waals surface area contributed by atoms with Gasteiger partial charge in [0.2, 0.25) is 0 Å². The van der Waals surface area contributed by atoms with Gasteiger partial charge in [-0.25, -0.2) is 0 Å². The van der Waals surface area contributed by atoms with E-state index >= 15 is 0 Å². The lowest BCUT2D eigenvalue weighted by Gasteiger charge is -1.97. The summed E-state index contributed by atoms with van der Waals surface area (Å²) in [6, 6.07) is 0. The second-order valence-corrected chi connectivity index (χ2v) is 5.58. The Kier molecular flexibility index (Phi) is 8.18. The highest BCUT2D eigenvalue weighted by Crippen LogP contribution is 2.13. The summed E-state index contributed by atoms with van der Waals surface area (Å²) in [6.07, 6.45) is 8.90. The summed E-state index contributed by atoms with van der Waals surface area (Å²) in [6.45, 7) is 6.36. The lowest BCUT2D eigenvalue weighted by Crippen LogP contribution is -2.13. The smallest absolute Gasteiger partial charge is 0.131 e. The molecule has 0 radical (unpaired) electrons. The Morgan fingerprint density at radius 1 is 0.941 bits per heavy atom.